The number of rotatable bonds is 4. The van der Waals surface area contributed by atoms with E-state index in [9.17, 15) is 0 Å². The van der Waals surface area contributed by atoms with Crippen LogP contribution in [0.5, 0.6) is 0 Å². The fourth-order valence-corrected chi connectivity index (χ4v) is 3.08. The van der Waals surface area contributed by atoms with E-state index in [1.165, 1.54) is 38.9 Å². The summed E-state index contributed by atoms with van der Waals surface area (Å²) in [6, 6.07) is 0.618. The van der Waals surface area contributed by atoms with Gasteiger partial charge in [0.2, 0.25) is 0 Å². The van der Waals surface area contributed by atoms with Crippen LogP contribution >= 0.6 is 0 Å². The Labute approximate surface area is 101 Å². The average Bonchev–Trinajstić information content (AvgIpc) is 2.40. The van der Waals surface area contributed by atoms with Crippen LogP contribution in [0, 0.1) is 0 Å². The Morgan fingerprint density at radius 3 is 2.62 bits per heavy atom. The van der Waals surface area contributed by atoms with Crippen molar-refractivity contribution in [3.63, 3.8) is 0 Å². The van der Waals surface area contributed by atoms with Crippen molar-refractivity contribution in [1.29, 1.82) is 0 Å². The van der Waals surface area contributed by atoms with Crippen LogP contribution in [0.4, 0.5) is 0 Å². The van der Waals surface area contributed by atoms with Crippen molar-refractivity contribution in [2.45, 2.75) is 51.6 Å². The molecule has 0 aromatic carbocycles. The third-order valence-electron chi connectivity index (χ3n) is 3.97. The Kier molecular flexibility index (Phi) is 5.22. The summed E-state index contributed by atoms with van der Waals surface area (Å²) in [7, 11) is 2.22. The standard InChI is InChI=1S/C13H29N3/c1-5-7-13(3,11-14)16-9-6-8-15(4)10-12(16)2/h12H,5-11,14H2,1-4H3. The lowest BCUT2D eigenvalue weighted by Gasteiger charge is -2.44. The van der Waals surface area contributed by atoms with Crippen LogP contribution in [0.15, 0.2) is 0 Å². The molecule has 3 heteroatoms. The van der Waals surface area contributed by atoms with Crippen molar-refractivity contribution in [3.05, 3.63) is 0 Å². The molecule has 2 unspecified atom stereocenters. The molecule has 0 aromatic heterocycles. The molecular weight excluding hydrogens is 198 g/mol. The van der Waals surface area contributed by atoms with Gasteiger partial charge in [-0.15, -0.1) is 0 Å². The zero-order valence-electron chi connectivity index (χ0n) is 11.5. The van der Waals surface area contributed by atoms with Gasteiger partial charge in [-0.05, 0) is 40.3 Å². The molecule has 96 valence electrons. The quantitative estimate of drug-likeness (QED) is 0.790. The first-order valence-corrected chi connectivity index (χ1v) is 6.69. The fraction of sp³-hybridized carbons (Fsp3) is 1.00. The molecule has 0 aliphatic carbocycles. The van der Waals surface area contributed by atoms with Crippen molar-refractivity contribution in [3.8, 4) is 0 Å². The second kappa shape index (κ2) is 5.99. The average molecular weight is 227 g/mol. The van der Waals surface area contributed by atoms with E-state index in [4.69, 9.17) is 5.73 Å². The molecule has 0 radical (unpaired) electrons. The van der Waals surface area contributed by atoms with E-state index in [1.54, 1.807) is 0 Å². The minimum atomic E-state index is 0.194. The molecule has 1 heterocycles. The minimum Gasteiger partial charge on any atom is -0.329 e. The van der Waals surface area contributed by atoms with Gasteiger partial charge in [-0.2, -0.15) is 0 Å². The Hall–Kier alpha value is -0.120. The maximum Gasteiger partial charge on any atom is 0.0306 e. The van der Waals surface area contributed by atoms with Gasteiger partial charge < -0.3 is 10.6 Å². The molecule has 3 nitrogen and oxygen atoms in total. The van der Waals surface area contributed by atoms with Gasteiger partial charge in [-0.25, -0.2) is 0 Å². The van der Waals surface area contributed by atoms with Gasteiger partial charge in [0.15, 0.2) is 0 Å². The monoisotopic (exact) mass is 227 g/mol. The normalized spacial score (nSPS) is 28.7. The summed E-state index contributed by atoms with van der Waals surface area (Å²) in [6.07, 6.45) is 3.68. The predicted molar refractivity (Wildman–Crippen MR) is 70.6 cm³/mol. The zero-order valence-corrected chi connectivity index (χ0v) is 11.5. The topological polar surface area (TPSA) is 32.5 Å². The van der Waals surface area contributed by atoms with E-state index >= 15 is 0 Å². The molecule has 1 aliphatic rings. The third kappa shape index (κ3) is 3.19. The van der Waals surface area contributed by atoms with Crippen LogP contribution in [0.1, 0.15) is 40.0 Å². The van der Waals surface area contributed by atoms with E-state index in [0.29, 0.717) is 6.04 Å². The minimum absolute atomic E-state index is 0.194. The molecule has 0 amide bonds. The van der Waals surface area contributed by atoms with Gasteiger partial charge >= 0.3 is 0 Å². The largest absolute Gasteiger partial charge is 0.329 e. The Bertz CT molecular complexity index is 207. The van der Waals surface area contributed by atoms with E-state index < -0.39 is 0 Å². The van der Waals surface area contributed by atoms with Gasteiger partial charge in [0.05, 0.1) is 0 Å². The molecule has 1 fully saturated rings. The highest BCUT2D eigenvalue weighted by Gasteiger charge is 2.34. The van der Waals surface area contributed by atoms with Gasteiger partial charge in [-0.3, -0.25) is 4.90 Å². The zero-order chi connectivity index (χ0) is 12.2. The maximum absolute atomic E-state index is 6.02. The summed E-state index contributed by atoms with van der Waals surface area (Å²) in [5.41, 5.74) is 6.21. The molecule has 1 rings (SSSR count). The van der Waals surface area contributed by atoms with Crippen LogP contribution in [0.2, 0.25) is 0 Å². The van der Waals surface area contributed by atoms with E-state index in [1.807, 2.05) is 0 Å². The fourth-order valence-electron chi connectivity index (χ4n) is 3.08. The first-order valence-electron chi connectivity index (χ1n) is 6.69. The first kappa shape index (κ1) is 13.9. The second-order valence-electron chi connectivity index (χ2n) is 5.61. The summed E-state index contributed by atoms with van der Waals surface area (Å²) in [5.74, 6) is 0. The molecule has 0 aromatic rings. The molecule has 0 saturated carbocycles. The lowest BCUT2D eigenvalue weighted by atomic mass is 9.92. The number of nitrogens with zero attached hydrogens (tertiary/aromatic N) is 2. The SMILES string of the molecule is CCCC(C)(CN)N1CCCN(C)CC1C. The van der Waals surface area contributed by atoms with Gasteiger partial charge in [-0.1, -0.05) is 13.3 Å². The molecule has 0 bridgehead atoms. The van der Waals surface area contributed by atoms with Gasteiger partial charge in [0.25, 0.3) is 0 Å². The molecule has 16 heavy (non-hydrogen) atoms. The molecule has 2 atom stereocenters. The maximum atomic E-state index is 6.02. The summed E-state index contributed by atoms with van der Waals surface area (Å²) < 4.78 is 0. The van der Waals surface area contributed by atoms with Crippen molar-refractivity contribution < 1.29 is 0 Å². The summed E-state index contributed by atoms with van der Waals surface area (Å²) in [6.45, 7) is 11.3. The van der Waals surface area contributed by atoms with Crippen LogP contribution in [0.3, 0.4) is 0 Å². The van der Waals surface area contributed by atoms with Crippen molar-refractivity contribution in [1.82, 2.24) is 9.80 Å². The van der Waals surface area contributed by atoms with Crippen LogP contribution in [-0.2, 0) is 0 Å². The third-order valence-corrected chi connectivity index (χ3v) is 3.97. The summed E-state index contributed by atoms with van der Waals surface area (Å²) in [4.78, 5) is 5.08. The van der Waals surface area contributed by atoms with E-state index in [2.05, 4.69) is 37.6 Å². The number of hydrogen-bond donors (Lipinski definition) is 1. The molecule has 1 aliphatic heterocycles. The first-order chi connectivity index (χ1) is 7.53. The van der Waals surface area contributed by atoms with Crippen molar-refractivity contribution in [2.75, 3.05) is 33.2 Å². The van der Waals surface area contributed by atoms with Crippen LogP contribution in [-0.4, -0.2) is 54.6 Å². The Morgan fingerprint density at radius 2 is 2.06 bits per heavy atom. The van der Waals surface area contributed by atoms with E-state index in [0.717, 1.165) is 6.54 Å². The van der Waals surface area contributed by atoms with Crippen LogP contribution in [0.25, 0.3) is 0 Å². The van der Waals surface area contributed by atoms with Crippen molar-refractivity contribution >= 4 is 0 Å². The Morgan fingerprint density at radius 1 is 1.38 bits per heavy atom. The highest BCUT2D eigenvalue weighted by atomic mass is 15.3. The summed E-state index contributed by atoms with van der Waals surface area (Å²) in [5, 5.41) is 0. The van der Waals surface area contributed by atoms with Crippen LogP contribution < -0.4 is 5.73 Å². The highest BCUT2D eigenvalue weighted by Crippen LogP contribution is 2.25. The molecule has 2 N–H and O–H groups in total. The smallest absolute Gasteiger partial charge is 0.0306 e. The molecular formula is C13H29N3. The number of nitrogens with two attached hydrogens (primary N) is 1. The Balaban J connectivity index is 2.74. The second-order valence-corrected chi connectivity index (χ2v) is 5.61. The number of likely N-dealkylation sites (N-methyl/N-ethyl adjacent to an activating group) is 1. The van der Waals surface area contributed by atoms with Gasteiger partial charge in [0.1, 0.15) is 0 Å². The lowest BCUT2D eigenvalue weighted by molar-refractivity contribution is 0.0628. The van der Waals surface area contributed by atoms with E-state index in [-0.39, 0.29) is 5.54 Å². The summed E-state index contributed by atoms with van der Waals surface area (Å²) >= 11 is 0. The molecule has 0 spiro atoms. The lowest BCUT2D eigenvalue weighted by Crippen LogP contribution is -2.56. The van der Waals surface area contributed by atoms with Crippen molar-refractivity contribution in [2.24, 2.45) is 5.73 Å². The van der Waals surface area contributed by atoms with Gasteiger partial charge in [0, 0.05) is 31.2 Å². The number of hydrogen-bond acceptors (Lipinski definition) is 3. The predicted octanol–water partition coefficient (Wildman–Crippen LogP) is 1.53. The highest BCUT2D eigenvalue weighted by molar-refractivity contribution is 4.91. The molecule has 1 saturated heterocycles.